The monoisotopic (exact) mass is 396 g/mol. The Balaban J connectivity index is 1.80. The smallest absolute Gasteiger partial charge is 0.191 e. The number of nitrogens with one attached hydrogen (secondary N) is 2. The Morgan fingerprint density at radius 1 is 1.38 bits per heavy atom. The van der Waals surface area contributed by atoms with Crippen molar-refractivity contribution in [2.45, 2.75) is 38.8 Å². The maximum absolute atomic E-state index is 5.27. The minimum absolute atomic E-state index is 0.506. The van der Waals surface area contributed by atoms with Crippen molar-refractivity contribution in [2.75, 3.05) is 33.8 Å². The number of aliphatic imine (C=N–C) groups is 1. The molecule has 0 aliphatic carbocycles. The Labute approximate surface area is 154 Å². The summed E-state index contributed by atoms with van der Waals surface area (Å²) in [5.41, 5.74) is 1.18. The molecule has 0 saturated carbocycles. The third-order valence-corrected chi connectivity index (χ3v) is 4.99. The van der Waals surface area contributed by atoms with Crippen LogP contribution in [-0.2, 0) is 6.54 Å². The van der Waals surface area contributed by atoms with Crippen molar-refractivity contribution in [1.29, 1.82) is 0 Å². The van der Waals surface area contributed by atoms with E-state index in [1.807, 2.05) is 13.1 Å². The lowest BCUT2D eigenvalue weighted by Crippen LogP contribution is -2.48. The quantitative estimate of drug-likeness (QED) is 0.573. The number of benzene rings is 1. The molecule has 1 heterocycles. The van der Waals surface area contributed by atoms with Crippen molar-refractivity contribution < 1.29 is 4.74 Å². The number of piperidine rings is 1. The Bertz CT molecular complexity index is 542. The van der Waals surface area contributed by atoms with Crippen LogP contribution in [0.2, 0.25) is 0 Å². The van der Waals surface area contributed by atoms with Crippen molar-refractivity contribution in [3.8, 4) is 5.75 Å². The zero-order valence-electron chi connectivity index (χ0n) is 14.9. The molecule has 1 saturated heterocycles. The van der Waals surface area contributed by atoms with E-state index in [0.717, 1.165) is 22.7 Å². The SMILES string of the molecule is CCCN1CCC(NC(=NC)NCc2ccc(OC)c(Br)c2)CC1. The van der Waals surface area contributed by atoms with Gasteiger partial charge in [-0.3, -0.25) is 4.99 Å². The predicted molar refractivity (Wildman–Crippen MR) is 104 cm³/mol. The average molecular weight is 397 g/mol. The van der Waals surface area contributed by atoms with Crippen LogP contribution in [0.25, 0.3) is 0 Å². The van der Waals surface area contributed by atoms with Crippen LogP contribution in [0.15, 0.2) is 27.7 Å². The lowest BCUT2D eigenvalue weighted by atomic mass is 10.1. The summed E-state index contributed by atoms with van der Waals surface area (Å²) in [4.78, 5) is 6.90. The van der Waals surface area contributed by atoms with Gasteiger partial charge < -0.3 is 20.3 Å². The van der Waals surface area contributed by atoms with Crippen LogP contribution in [-0.4, -0.2) is 50.7 Å². The summed E-state index contributed by atoms with van der Waals surface area (Å²) in [6.07, 6.45) is 3.59. The molecule has 0 amide bonds. The minimum Gasteiger partial charge on any atom is -0.496 e. The van der Waals surface area contributed by atoms with Gasteiger partial charge in [-0.15, -0.1) is 0 Å². The summed E-state index contributed by atoms with van der Waals surface area (Å²) in [5.74, 6) is 1.72. The molecule has 0 bridgehead atoms. The standard InChI is InChI=1S/C18H29BrN4O/c1-4-9-23-10-7-15(8-11-23)22-18(20-2)21-13-14-5-6-17(24-3)16(19)12-14/h5-6,12,15H,4,7-11,13H2,1-3H3,(H2,20,21,22). The second-order valence-electron chi connectivity index (χ2n) is 6.15. The summed E-state index contributed by atoms with van der Waals surface area (Å²) >= 11 is 3.53. The topological polar surface area (TPSA) is 48.9 Å². The third-order valence-electron chi connectivity index (χ3n) is 4.37. The number of rotatable bonds is 6. The molecule has 5 nitrogen and oxygen atoms in total. The van der Waals surface area contributed by atoms with Gasteiger partial charge in [-0.1, -0.05) is 13.0 Å². The molecule has 0 unspecified atom stereocenters. The Morgan fingerprint density at radius 3 is 2.71 bits per heavy atom. The first-order chi connectivity index (χ1) is 11.7. The summed E-state index contributed by atoms with van der Waals surface area (Å²) < 4.78 is 6.23. The summed E-state index contributed by atoms with van der Waals surface area (Å²) in [7, 11) is 3.50. The minimum atomic E-state index is 0.506. The van der Waals surface area contributed by atoms with Gasteiger partial charge in [-0.05, 0) is 59.4 Å². The average Bonchev–Trinajstić information content (AvgIpc) is 2.60. The first-order valence-corrected chi connectivity index (χ1v) is 9.47. The maximum atomic E-state index is 5.27. The fourth-order valence-electron chi connectivity index (χ4n) is 3.01. The van der Waals surface area contributed by atoms with Gasteiger partial charge in [-0.25, -0.2) is 0 Å². The first-order valence-electron chi connectivity index (χ1n) is 8.68. The van der Waals surface area contributed by atoms with Crippen LogP contribution in [0.5, 0.6) is 5.75 Å². The van der Waals surface area contributed by atoms with E-state index in [0.29, 0.717) is 6.04 Å². The second-order valence-corrected chi connectivity index (χ2v) is 7.01. The summed E-state index contributed by atoms with van der Waals surface area (Å²) in [6.45, 7) is 6.54. The Hall–Kier alpha value is -1.27. The molecule has 24 heavy (non-hydrogen) atoms. The summed E-state index contributed by atoms with van der Waals surface area (Å²) in [6, 6.07) is 6.61. The molecular weight excluding hydrogens is 368 g/mol. The number of halogens is 1. The molecule has 0 radical (unpaired) electrons. The van der Waals surface area contributed by atoms with Gasteiger partial charge in [0.05, 0.1) is 11.6 Å². The number of methoxy groups -OCH3 is 1. The van der Waals surface area contributed by atoms with Gasteiger partial charge in [0, 0.05) is 32.7 Å². The number of hydrogen-bond acceptors (Lipinski definition) is 3. The molecule has 2 N–H and O–H groups in total. The molecule has 0 atom stereocenters. The molecule has 0 spiro atoms. The lowest BCUT2D eigenvalue weighted by molar-refractivity contribution is 0.206. The van der Waals surface area contributed by atoms with Crippen molar-refractivity contribution in [2.24, 2.45) is 4.99 Å². The molecule has 1 fully saturated rings. The second kappa shape index (κ2) is 9.89. The number of guanidine groups is 1. The van der Waals surface area contributed by atoms with E-state index in [-0.39, 0.29) is 0 Å². The Morgan fingerprint density at radius 2 is 2.12 bits per heavy atom. The molecule has 1 aliphatic heterocycles. The van der Waals surface area contributed by atoms with Crippen LogP contribution in [0, 0.1) is 0 Å². The molecule has 1 aromatic rings. The van der Waals surface area contributed by atoms with Gasteiger partial charge in [0.15, 0.2) is 5.96 Å². The van der Waals surface area contributed by atoms with Gasteiger partial charge in [0.2, 0.25) is 0 Å². The highest BCUT2D eigenvalue weighted by molar-refractivity contribution is 9.10. The number of likely N-dealkylation sites (tertiary alicyclic amines) is 1. The van der Waals surface area contributed by atoms with Crippen molar-refractivity contribution in [3.63, 3.8) is 0 Å². The van der Waals surface area contributed by atoms with E-state index in [4.69, 9.17) is 4.74 Å². The van der Waals surface area contributed by atoms with Crippen molar-refractivity contribution in [1.82, 2.24) is 15.5 Å². The molecule has 6 heteroatoms. The van der Waals surface area contributed by atoms with E-state index >= 15 is 0 Å². The van der Waals surface area contributed by atoms with Crippen LogP contribution in [0.3, 0.4) is 0 Å². The van der Waals surface area contributed by atoms with Crippen LogP contribution < -0.4 is 15.4 Å². The van der Waals surface area contributed by atoms with Crippen LogP contribution >= 0.6 is 15.9 Å². The van der Waals surface area contributed by atoms with E-state index in [2.05, 4.69) is 55.5 Å². The van der Waals surface area contributed by atoms with E-state index < -0.39 is 0 Å². The normalized spacial score (nSPS) is 16.9. The van der Waals surface area contributed by atoms with Gasteiger partial charge in [0.1, 0.15) is 5.75 Å². The fraction of sp³-hybridized carbons (Fsp3) is 0.611. The largest absolute Gasteiger partial charge is 0.496 e. The van der Waals surface area contributed by atoms with Gasteiger partial charge >= 0.3 is 0 Å². The van der Waals surface area contributed by atoms with Crippen molar-refractivity contribution in [3.05, 3.63) is 28.2 Å². The fourth-order valence-corrected chi connectivity index (χ4v) is 3.60. The zero-order valence-corrected chi connectivity index (χ0v) is 16.5. The molecule has 1 aromatic carbocycles. The predicted octanol–water partition coefficient (Wildman–Crippen LogP) is 3.00. The lowest BCUT2D eigenvalue weighted by Gasteiger charge is -2.32. The van der Waals surface area contributed by atoms with Crippen molar-refractivity contribution >= 4 is 21.9 Å². The van der Waals surface area contributed by atoms with E-state index in [1.165, 1.54) is 44.5 Å². The highest BCUT2D eigenvalue weighted by Crippen LogP contribution is 2.25. The first kappa shape index (κ1) is 19.1. The molecule has 2 rings (SSSR count). The maximum Gasteiger partial charge on any atom is 0.191 e. The molecule has 0 aromatic heterocycles. The van der Waals surface area contributed by atoms with Gasteiger partial charge in [-0.2, -0.15) is 0 Å². The third kappa shape index (κ3) is 5.67. The molecular formula is C18H29BrN4O. The van der Waals surface area contributed by atoms with E-state index in [9.17, 15) is 0 Å². The zero-order chi connectivity index (χ0) is 17.4. The highest BCUT2D eigenvalue weighted by Gasteiger charge is 2.19. The van der Waals surface area contributed by atoms with Gasteiger partial charge in [0.25, 0.3) is 0 Å². The number of ether oxygens (including phenoxy) is 1. The number of hydrogen-bond donors (Lipinski definition) is 2. The van der Waals surface area contributed by atoms with Crippen LogP contribution in [0.1, 0.15) is 31.7 Å². The molecule has 1 aliphatic rings. The van der Waals surface area contributed by atoms with Crippen LogP contribution in [0.4, 0.5) is 0 Å². The van der Waals surface area contributed by atoms with E-state index in [1.54, 1.807) is 7.11 Å². The highest BCUT2D eigenvalue weighted by atomic mass is 79.9. The summed E-state index contributed by atoms with van der Waals surface area (Å²) in [5, 5.41) is 6.95. The molecule has 134 valence electrons. The number of nitrogens with zero attached hydrogens (tertiary/aromatic N) is 2. The Kier molecular flexibility index (Phi) is 7.85.